The van der Waals surface area contributed by atoms with E-state index in [-0.39, 0.29) is 5.91 Å². The largest absolute Gasteiger partial charge is 0.496 e. The number of carbonyl (C=O) groups excluding carboxylic acids is 2. The van der Waals surface area contributed by atoms with Gasteiger partial charge in [0.05, 0.1) is 34.8 Å². The molecule has 1 fully saturated rings. The van der Waals surface area contributed by atoms with Crippen molar-refractivity contribution in [1.29, 1.82) is 0 Å². The quantitative estimate of drug-likeness (QED) is 0.456. The van der Waals surface area contributed by atoms with Gasteiger partial charge in [0.25, 0.3) is 5.91 Å². The second kappa shape index (κ2) is 9.28. The molecule has 0 aromatic heterocycles. The van der Waals surface area contributed by atoms with Crippen LogP contribution in [0.3, 0.4) is 0 Å². The van der Waals surface area contributed by atoms with Gasteiger partial charge in [-0.15, -0.1) is 0 Å². The van der Waals surface area contributed by atoms with Crippen molar-refractivity contribution in [2.45, 2.75) is 6.92 Å². The van der Waals surface area contributed by atoms with Crippen LogP contribution in [0.15, 0.2) is 56.8 Å². The lowest BCUT2D eigenvalue weighted by Gasteiger charge is -2.12. The van der Waals surface area contributed by atoms with Crippen molar-refractivity contribution in [3.63, 3.8) is 0 Å². The van der Waals surface area contributed by atoms with Gasteiger partial charge in [-0.25, -0.2) is 9.79 Å². The number of thioether (sulfide) groups is 1. The summed E-state index contributed by atoms with van der Waals surface area (Å²) in [5, 5.41) is 0.599. The van der Waals surface area contributed by atoms with Gasteiger partial charge in [0.15, 0.2) is 5.17 Å². The molecule has 150 valence electrons. The molecule has 8 heteroatoms. The highest BCUT2D eigenvalue weighted by atomic mass is 79.9. The number of amides is 1. The summed E-state index contributed by atoms with van der Waals surface area (Å²) in [6, 6.07) is 12.4. The fourth-order valence-corrected chi connectivity index (χ4v) is 4.32. The first-order chi connectivity index (χ1) is 14.0. The topological polar surface area (TPSA) is 68.2 Å². The van der Waals surface area contributed by atoms with Crippen LogP contribution in [0.5, 0.6) is 5.75 Å². The van der Waals surface area contributed by atoms with Gasteiger partial charge < -0.3 is 9.47 Å². The molecule has 0 unspecified atom stereocenters. The van der Waals surface area contributed by atoms with E-state index in [1.54, 1.807) is 36.3 Å². The molecule has 2 aromatic rings. The van der Waals surface area contributed by atoms with Crippen molar-refractivity contribution in [2.24, 2.45) is 4.99 Å². The first kappa shape index (κ1) is 21.1. The Hall–Kier alpha value is -2.58. The van der Waals surface area contributed by atoms with Gasteiger partial charge >= 0.3 is 5.97 Å². The second-order valence-corrected chi connectivity index (χ2v) is 7.85. The van der Waals surface area contributed by atoms with Crippen molar-refractivity contribution >= 4 is 56.5 Å². The normalized spacial score (nSPS) is 16.6. The molecule has 0 aliphatic carbocycles. The molecule has 2 aromatic carbocycles. The van der Waals surface area contributed by atoms with Gasteiger partial charge in [-0.1, -0.05) is 6.07 Å². The van der Waals surface area contributed by atoms with Crippen LogP contribution < -0.4 is 4.74 Å². The maximum absolute atomic E-state index is 12.8. The van der Waals surface area contributed by atoms with E-state index in [9.17, 15) is 9.59 Å². The van der Waals surface area contributed by atoms with Crippen molar-refractivity contribution in [1.82, 2.24) is 4.90 Å². The summed E-state index contributed by atoms with van der Waals surface area (Å²) >= 11 is 4.78. The maximum Gasteiger partial charge on any atom is 0.337 e. The molecule has 0 bridgehead atoms. The zero-order valence-electron chi connectivity index (χ0n) is 16.1. The van der Waals surface area contributed by atoms with Crippen LogP contribution in [-0.4, -0.2) is 42.7 Å². The number of halogens is 1. The van der Waals surface area contributed by atoms with Crippen LogP contribution in [0, 0.1) is 0 Å². The number of hydrogen-bond donors (Lipinski definition) is 0. The van der Waals surface area contributed by atoms with Crippen LogP contribution in [-0.2, 0) is 9.53 Å². The average molecular weight is 475 g/mol. The third-order valence-electron chi connectivity index (χ3n) is 4.19. The standard InChI is InChI=1S/C21H19BrN2O4S/c1-4-24-19(25)18(12-13-5-10-17(27-2)16(22)11-13)29-21(24)23-15-8-6-14(7-9-15)20(26)28-3/h5-12H,4H2,1-3H3/b18-12+,23-21?. The van der Waals surface area contributed by atoms with Crippen LogP contribution in [0.4, 0.5) is 5.69 Å². The van der Waals surface area contributed by atoms with E-state index in [0.717, 1.165) is 15.8 Å². The molecule has 1 aliphatic heterocycles. The number of esters is 1. The molecule has 0 atom stereocenters. The van der Waals surface area contributed by atoms with Crippen LogP contribution in [0.1, 0.15) is 22.8 Å². The third kappa shape index (κ3) is 4.71. The molecule has 0 saturated carbocycles. The average Bonchev–Trinajstić information content (AvgIpc) is 3.02. The molecule has 3 rings (SSSR count). The number of amidine groups is 1. The minimum atomic E-state index is -0.402. The molecule has 1 saturated heterocycles. The Morgan fingerprint density at radius 2 is 1.93 bits per heavy atom. The highest BCUT2D eigenvalue weighted by molar-refractivity contribution is 9.10. The van der Waals surface area contributed by atoms with Crippen molar-refractivity contribution < 1.29 is 19.1 Å². The monoisotopic (exact) mass is 474 g/mol. The number of hydrogen-bond acceptors (Lipinski definition) is 6. The maximum atomic E-state index is 12.8. The van der Waals surface area contributed by atoms with Gasteiger partial charge in [0.2, 0.25) is 0 Å². The smallest absolute Gasteiger partial charge is 0.337 e. The van der Waals surface area contributed by atoms with E-state index in [1.807, 2.05) is 31.2 Å². The lowest BCUT2D eigenvalue weighted by molar-refractivity contribution is -0.122. The van der Waals surface area contributed by atoms with Gasteiger partial charge in [-0.2, -0.15) is 0 Å². The fourth-order valence-electron chi connectivity index (χ4n) is 2.69. The van der Waals surface area contributed by atoms with Crippen LogP contribution in [0.25, 0.3) is 6.08 Å². The predicted molar refractivity (Wildman–Crippen MR) is 119 cm³/mol. The minimum absolute atomic E-state index is 0.0885. The molecule has 1 aliphatic rings. The van der Waals surface area contributed by atoms with E-state index >= 15 is 0 Å². The molecule has 1 amide bonds. The van der Waals surface area contributed by atoms with Crippen LogP contribution in [0.2, 0.25) is 0 Å². The SMILES string of the molecule is CCN1C(=O)/C(=C\c2ccc(OC)c(Br)c2)SC1=Nc1ccc(C(=O)OC)cc1. The predicted octanol–water partition coefficient (Wildman–Crippen LogP) is 4.87. The van der Waals surface area contributed by atoms with Gasteiger partial charge in [-0.3, -0.25) is 9.69 Å². The lowest BCUT2D eigenvalue weighted by atomic mass is 10.2. The Balaban J connectivity index is 1.87. The third-order valence-corrected chi connectivity index (χ3v) is 5.82. The first-order valence-corrected chi connectivity index (χ1v) is 10.4. The molecule has 0 radical (unpaired) electrons. The van der Waals surface area contributed by atoms with Crippen LogP contribution >= 0.6 is 27.7 Å². The highest BCUT2D eigenvalue weighted by Gasteiger charge is 2.32. The molecule has 1 heterocycles. The van der Waals surface area contributed by atoms with Crippen molar-refractivity contribution in [3.05, 3.63) is 63.0 Å². The summed E-state index contributed by atoms with van der Waals surface area (Å²) in [4.78, 5) is 31.2. The van der Waals surface area contributed by atoms with E-state index in [1.165, 1.54) is 18.9 Å². The zero-order chi connectivity index (χ0) is 21.0. The summed E-state index contributed by atoms with van der Waals surface area (Å²) in [5.74, 6) is 0.237. The summed E-state index contributed by atoms with van der Waals surface area (Å²) in [6.07, 6.45) is 1.84. The summed E-state index contributed by atoms with van der Waals surface area (Å²) < 4.78 is 10.8. The Bertz CT molecular complexity index is 1000. The first-order valence-electron chi connectivity index (χ1n) is 8.78. The number of likely N-dealkylation sites (N-methyl/N-ethyl adjacent to an activating group) is 1. The number of aliphatic imine (C=N–C) groups is 1. The number of ether oxygens (including phenoxy) is 2. The van der Waals surface area contributed by atoms with Crippen molar-refractivity contribution in [3.8, 4) is 5.75 Å². The summed E-state index contributed by atoms with van der Waals surface area (Å²) in [7, 11) is 2.94. The summed E-state index contributed by atoms with van der Waals surface area (Å²) in [5.41, 5.74) is 1.98. The van der Waals surface area contributed by atoms with E-state index < -0.39 is 5.97 Å². The second-order valence-electron chi connectivity index (χ2n) is 5.99. The minimum Gasteiger partial charge on any atom is -0.496 e. The molecule has 6 nitrogen and oxygen atoms in total. The van der Waals surface area contributed by atoms with Crippen molar-refractivity contribution in [2.75, 3.05) is 20.8 Å². The van der Waals surface area contributed by atoms with E-state index in [2.05, 4.69) is 20.9 Å². The summed E-state index contributed by atoms with van der Waals surface area (Å²) in [6.45, 7) is 2.41. The number of nitrogens with zero attached hydrogens (tertiary/aromatic N) is 2. The number of rotatable bonds is 5. The number of methoxy groups -OCH3 is 2. The van der Waals surface area contributed by atoms with E-state index in [4.69, 9.17) is 9.47 Å². The highest BCUT2D eigenvalue weighted by Crippen LogP contribution is 2.35. The molecular formula is C21H19BrN2O4S. The fraction of sp³-hybridized carbons (Fsp3) is 0.190. The van der Waals surface area contributed by atoms with Gasteiger partial charge in [0, 0.05) is 6.54 Å². The Morgan fingerprint density at radius 3 is 2.52 bits per heavy atom. The Morgan fingerprint density at radius 1 is 1.21 bits per heavy atom. The lowest BCUT2D eigenvalue weighted by Crippen LogP contribution is -2.28. The molecule has 0 N–H and O–H groups in total. The number of carbonyl (C=O) groups is 2. The molecule has 29 heavy (non-hydrogen) atoms. The zero-order valence-corrected chi connectivity index (χ0v) is 18.5. The Kier molecular flexibility index (Phi) is 6.76. The molecule has 0 spiro atoms. The van der Waals surface area contributed by atoms with Gasteiger partial charge in [0.1, 0.15) is 5.75 Å². The van der Waals surface area contributed by atoms with Gasteiger partial charge in [-0.05, 0) is 82.7 Å². The Labute approximate surface area is 181 Å². The molecular weight excluding hydrogens is 456 g/mol. The van der Waals surface area contributed by atoms with E-state index in [0.29, 0.717) is 27.9 Å². The number of benzene rings is 2.